The molecule has 0 aliphatic heterocycles. The number of carbonyl (C=O) groups is 4. The van der Waals surface area contributed by atoms with E-state index in [-0.39, 0.29) is 23.4 Å². The van der Waals surface area contributed by atoms with Crippen LogP contribution in [0.3, 0.4) is 0 Å². The Balaban J connectivity index is 1.64. The number of hydrogen-bond acceptors (Lipinski definition) is 6. The second-order valence-corrected chi connectivity index (χ2v) is 9.38. The molecule has 186 valence electrons. The number of ether oxygens (including phenoxy) is 2. The van der Waals surface area contributed by atoms with Crippen molar-refractivity contribution >= 4 is 23.5 Å². The SMILES string of the molecule is COC(=O)c1ccc2c(c1)C(=O)c1ccccc1[C@H]2[C@@H]1c2ccccc2C(=O)c2cc(C(=O)OC)ccc21. The van der Waals surface area contributed by atoms with Crippen molar-refractivity contribution in [1.29, 1.82) is 0 Å². The van der Waals surface area contributed by atoms with Gasteiger partial charge in [-0.2, -0.15) is 0 Å². The van der Waals surface area contributed by atoms with Gasteiger partial charge in [0.1, 0.15) is 0 Å². The predicted octanol–water partition coefficient (Wildman–Crippen LogP) is 5.31. The molecule has 4 aromatic carbocycles. The molecule has 2 atom stereocenters. The van der Waals surface area contributed by atoms with E-state index in [4.69, 9.17) is 9.47 Å². The summed E-state index contributed by atoms with van der Waals surface area (Å²) in [5.41, 5.74) is 5.75. The Morgan fingerprint density at radius 3 is 1.29 bits per heavy atom. The lowest BCUT2D eigenvalue weighted by Crippen LogP contribution is -2.29. The van der Waals surface area contributed by atoms with Crippen molar-refractivity contribution in [1.82, 2.24) is 0 Å². The van der Waals surface area contributed by atoms with Gasteiger partial charge in [-0.25, -0.2) is 9.59 Å². The molecule has 4 aromatic rings. The highest BCUT2D eigenvalue weighted by atomic mass is 16.5. The molecule has 0 saturated carbocycles. The van der Waals surface area contributed by atoms with E-state index in [2.05, 4.69) is 0 Å². The number of fused-ring (bicyclic) bond motifs is 4. The van der Waals surface area contributed by atoms with Crippen molar-refractivity contribution in [2.45, 2.75) is 11.8 Å². The van der Waals surface area contributed by atoms with Crippen molar-refractivity contribution < 1.29 is 28.7 Å². The van der Waals surface area contributed by atoms with E-state index < -0.39 is 11.9 Å². The van der Waals surface area contributed by atoms with Gasteiger partial charge in [0.05, 0.1) is 25.3 Å². The molecule has 0 fully saturated rings. The lowest BCUT2D eigenvalue weighted by molar-refractivity contribution is 0.0591. The smallest absolute Gasteiger partial charge is 0.337 e. The highest BCUT2D eigenvalue weighted by molar-refractivity contribution is 6.15. The molecular formula is C32H22O6. The largest absolute Gasteiger partial charge is 0.465 e. The molecule has 0 N–H and O–H groups in total. The lowest BCUT2D eigenvalue weighted by atomic mass is 9.64. The first-order valence-electron chi connectivity index (χ1n) is 12.2. The Hall–Kier alpha value is -4.84. The maximum absolute atomic E-state index is 13.6. The van der Waals surface area contributed by atoms with Gasteiger partial charge in [-0.1, -0.05) is 60.7 Å². The molecular weight excluding hydrogens is 480 g/mol. The topological polar surface area (TPSA) is 86.7 Å². The third-order valence-electron chi connectivity index (χ3n) is 7.52. The van der Waals surface area contributed by atoms with E-state index >= 15 is 0 Å². The molecule has 0 spiro atoms. The van der Waals surface area contributed by atoms with Gasteiger partial charge in [-0.15, -0.1) is 0 Å². The average Bonchev–Trinajstić information content (AvgIpc) is 2.97. The number of carbonyl (C=O) groups excluding carboxylic acids is 4. The molecule has 6 heteroatoms. The van der Waals surface area contributed by atoms with Crippen LogP contribution in [-0.2, 0) is 9.47 Å². The van der Waals surface area contributed by atoms with Gasteiger partial charge >= 0.3 is 11.9 Å². The molecule has 0 saturated heterocycles. The zero-order chi connectivity index (χ0) is 26.6. The Bertz CT molecular complexity index is 1560. The first kappa shape index (κ1) is 23.6. The minimum Gasteiger partial charge on any atom is -0.465 e. The maximum atomic E-state index is 13.6. The zero-order valence-electron chi connectivity index (χ0n) is 20.7. The summed E-state index contributed by atoms with van der Waals surface area (Å²) < 4.78 is 9.79. The Morgan fingerprint density at radius 1 is 0.526 bits per heavy atom. The number of hydrogen-bond donors (Lipinski definition) is 0. The number of methoxy groups -OCH3 is 2. The van der Waals surface area contributed by atoms with Crippen LogP contribution in [0.1, 0.15) is 86.6 Å². The maximum Gasteiger partial charge on any atom is 0.337 e. The average molecular weight is 503 g/mol. The molecule has 0 radical (unpaired) electrons. The van der Waals surface area contributed by atoms with Crippen LogP contribution in [0.15, 0.2) is 84.9 Å². The summed E-state index contributed by atoms with van der Waals surface area (Å²) in [6.45, 7) is 0. The fourth-order valence-electron chi connectivity index (χ4n) is 5.83. The van der Waals surface area contributed by atoms with Gasteiger partial charge in [0.25, 0.3) is 0 Å². The van der Waals surface area contributed by atoms with E-state index in [9.17, 15) is 19.2 Å². The summed E-state index contributed by atoms with van der Waals surface area (Å²) in [6.07, 6.45) is 0. The van der Waals surface area contributed by atoms with Gasteiger partial charge in [0, 0.05) is 34.1 Å². The van der Waals surface area contributed by atoms with Crippen LogP contribution in [-0.4, -0.2) is 37.7 Å². The number of ketones is 2. The van der Waals surface area contributed by atoms with Crippen molar-refractivity contribution in [2.75, 3.05) is 14.2 Å². The van der Waals surface area contributed by atoms with E-state index in [1.54, 1.807) is 36.4 Å². The van der Waals surface area contributed by atoms with Crippen molar-refractivity contribution in [3.05, 3.63) is 141 Å². The summed E-state index contributed by atoms with van der Waals surface area (Å²) in [6, 6.07) is 25.0. The molecule has 2 aliphatic carbocycles. The molecule has 6 nitrogen and oxygen atoms in total. The highest BCUT2D eigenvalue weighted by Crippen LogP contribution is 2.51. The predicted molar refractivity (Wildman–Crippen MR) is 139 cm³/mol. The van der Waals surface area contributed by atoms with Gasteiger partial charge in [-0.3, -0.25) is 9.59 Å². The van der Waals surface area contributed by atoms with Crippen LogP contribution in [0.5, 0.6) is 0 Å². The van der Waals surface area contributed by atoms with Gasteiger partial charge < -0.3 is 9.47 Å². The summed E-state index contributed by atoms with van der Waals surface area (Å²) >= 11 is 0. The van der Waals surface area contributed by atoms with Gasteiger partial charge in [-0.05, 0) is 46.5 Å². The quantitative estimate of drug-likeness (QED) is 0.353. The molecule has 0 amide bonds. The van der Waals surface area contributed by atoms with Crippen LogP contribution >= 0.6 is 0 Å². The van der Waals surface area contributed by atoms with Crippen molar-refractivity contribution in [2.24, 2.45) is 0 Å². The van der Waals surface area contributed by atoms with E-state index in [1.165, 1.54) is 14.2 Å². The van der Waals surface area contributed by atoms with Crippen LogP contribution in [0.25, 0.3) is 0 Å². The van der Waals surface area contributed by atoms with E-state index in [1.807, 2.05) is 48.5 Å². The fraction of sp³-hybridized carbons (Fsp3) is 0.125. The van der Waals surface area contributed by atoms with Crippen molar-refractivity contribution in [3.8, 4) is 0 Å². The fourth-order valence-corrected chi connectivity index (χ4v) is 5.83. The summed E-state index contributed by atoms with van der Waals surface area (Å²) in [4.78, 5) is 51.9. The Morgan fingerprint density at radius 2 is 0.895 bits per heavy atom. The first-order chi connectivity index (χ1) is 18.4. The van der Waals surface area contributed by atoms with Crippen molar-refractivity contribution in [3.63, 3.8) is 0 Å². The first-order valence-corrected chi connectivity index (χ1v) is 12.2. The lowest BCUT2D eigenvalue weighted by Gasteiger charge is -2.38. The van der Waals surface area contributed by atoms with Crippen LogP contribution in [0.2, 0.25) is 0 Å². The van der Waals surface area contributed by atoms with Crippen LogP contribution < -0.4 is 0 Å². The minimum atomic E-state index is -0.523. The Kier molecular flexibility index (Phi) is 5.53. The number of benzene rings is 4. The van der Waals surface area contributed by atoms with E-state index in [0.29, 0.717) is 33.4 Å². The second kappa shape index (κ2) is 8.92. The second-order valence-electron chi connectivity index (χ2n) is 9.38. The molecule has 0 bridgehead atoms. The van der Waals surface area contributed by atoms with E-state index in [0.717, 1.165) is 22.3 Å². The third kappa shape index (κ3) is 3.41. The third-order valence-corrected chi connectivity index (χ3v) is 7.52. The molecule has 0 unspecified atom stereocenters. The summed E-state index contributed by atoms with van der Waals surface area (Å²) in [7, 11) is 2.61. The van der Waals surface area contributed by atoms with Crippen LogP contribution in [0, 0.1) is 0 Å². The van der Waals surface area contributed by atoms with Crippen LogP contribution in [0.4, 0.5) is 0 Å². The highest BCUT2D eigenvalue weighted by Gasteiger charge is 2.42. The molecule has 0 heterocycles. The standard InChI is InChI=1S/C32H22O6/c1-37-31(35)17-11-13-21-25(15-17)29(33)23-9-5-3-7-19(23)27(21)28-20-8-4-6-10-24(20)30(34)26-16-18(32(36)38-2)12-14-22(26)28/h3-16,27-28H,1-2H3/t27-,28-/m1/s1. The van der Waals surface area contributed by atoms with Gasteiger partial charge in [0.2, 0.25) is 0 Å². The normalized spacial score (nSPS) is 17.0. The zero-order valence-corrected chi connectivity index (χ0v) is 20.7. The minimum absolute atomic E-state index is 0.168. The molecule has 6 rings (SSSR count). The summed E-state index contributed by atoms with van der Waals surface area (Å²) in [5, 5.41) is 0. The Labute approximate surface area is 218 Å². The molecule has 0 aromatic heterocycles. The summed E-state index contributed by atoms with van der Waals surface area (Å²) in [5.74, 6) is -2.04. The van der Waals surface area contributed by atoms with Gasteiger partial charge in [0.15, 0.2) is 11.6 Å². The number of rotatable bonds is 3. The monoisotopic (exact) mass is 502 g/mol. The molecule has 38 heavy (non-hydrogen) atoms. The molecule has 2 aliphatic rings. The number of esters is 2.